The van der Waals surface area contributed by atoms with Gasteiger partial charge in [-0.05, 0) is 0 Å². The van der Waals surface area contributed by atoms with Crippen LogP contribution in [0.15, 0.2) is 0 Å². The van der Waals surface area contributed by atoms with Crippen molar-refractivity contribution in [2.45, 2.75) is 58.4 Å². The average molecular weight is 362 g/mol. The molecule has 25 heavy (non-hydrogen) atoms. The maximum Gasteiger partial charge on any atom is 0.303 e. The molecule has 1 aliphatic heterocycles. The number of ether oxygens (including phenoxy) is 6. The molecule has 5 atom stereocenters. The summed E-state index contributed by atoms with van der Waals surface area (Å²) >= 11 is 0. The first kappa shape index (κ1) is 20.8. The highest BCUT2D eigenvalue weighted by Gasteiger charge is 2.52. The summed E-state index contributed by atoms with van der Waals surface area (Å²) in [6.07, 6.45) is -5.67. The number of carbonyl (C=O) groups is 4. The predicted molar refractivity (Wildman–Crippen MR) is 79.0 cm³/mol. The number of hydrogen-bond acceptors (Lipinski definition) is 10. The molecule has 10 nitrogen and oxygen atoms in total. The zero-order chi connectivity index (χ0) is 19.1. The van der Waals surface area contributed by atoms with Crippen molar-refractivity contribution in [1.82, 2.24) is 0 Å². The lowest BCUT2D eigenvalue weighted by molar-refractivity contribution is -0.302. The molecule has 0 radical (unpaired) electrons. The predicted octanol–water partition coefficient (Wildman–Crippen LogP) is -0.284. The molecule has 0 unspecified atom stereocenters. The van der Waals surface area contributed by atoms with E-state index in [2.05, 4.69) is 0 Å². The van der Waals surface area contributed by atoms with Crippen LogP contribution in [0.4, 0.5) is 0 Å². The molecule has 10 heteroatoms. The van der Waals surface area contributed by atoms with Gasteiger partial charge in [0.2, 0.25) is 0 Å². The van der Waals surface area contributed by atoms with E-state index < -0.39 is 54.6 Å². The summed E-state index contributed by atoms with van der Waals surface area (Å²) in [7, 11) is 1.29. The Labute approximate surface area is 144 Å². The lowest BCUT2D eigenvalue weighted by Crippen LogP contribution is -2.62. The Morgan fingerprint density at radius 2 is 1.24 bits per heavy atom. The molecule has 0 aromatic heterocycles. The molecule has 0 aliphatic carbocycles. The molecule has 142 valence electrons. The molecular weight excluding hydrogens is 340 g/mol. The van der Waals surface area contributed by atoms with Gasteiger partial charge >= 0.3 is 23.9 Å². The molecule has 1 heterocycles. The summed E-state index contributed by atoms with van der Waals surface area (Å²) in [6, 6.07) is 0. The van der Waals surface area contributed by atoms with Gasteiger partial charge in [-0.1, -0.05) is 0 Å². The Hall–Kier alpha value is -2.20. The van der Waals surface area contributed by atoms with E-state index >= 15 is 0 Å². The van der Waals surface area contributed by atoms with Crippen LogP contribution >= 0.6 is 0 Å². The summed E-state index contributed by atoms with van der Waals surface area (Å²) in [5.41, 5.74) is 0. The van der Waals surface area contributed by atoms with E-state index in [0.29, 0.717) is 0 Å². The van der Waals surface area contributed by atoms with Crippen molar-refractivity contribution >= 4 is 23.9 Å². The van der Waals surface area contributed by atoms with Gasteiger partial charge in [0.25, 0.3) is 0 Å². The highest BCUT2D eigenvalue weighted by molar-refractivity contribution is 5.68. The van der Waals surface area contributed by atoms with Crippen LogP contribution < -0.4 is 0 Å². The number of methoxy groups -OCH3 is 1. The van der Waals surface area contributed by atoms with Gasteiger partial charge < -0.3 is 28.4 Å². The second-order valence-electron chi connectivity index (χ2n) is 5.30. The van der Waals surface area contributed by atoms with Crippen molar-refractivity contribution < 1.29 is 47.6 Å². The quantitative estimate of drug-likeness (QED) is 0.460. The van der Waals surface area contributed by atoms with Crippen molar-refractivity contribution in [2.75, 3.05) is 13.7 Å². The normalized spacial score (nSPS) is 28.6. The first-order chi connectivity index (χ1) is 11.6. The van der Waals surface area contributed by atoms with Gasteiger partial charge in [-0.2, -0.15) is 0 Å². The van der Waals surface area contributed by atoms with Gasteiger partial charge in [0.1, 0.15) is 12.7 Å². The maximum absolute atomic E-state index is 11.5. The maximum atomic E-state index is 11.5. The van der Waals surface area contributed by atoms with E-state index in [-0.39, 0.29) is 6.61 Å². The van der Waals surface area contributed by atoms with Crippen LogP contribution in [-0.2, 0) is 47.6 Å². The summed E-state index contributed by atoms with van der Waals surface area (Å²) < 4.78 is 31.1. The summed E-state index contributed by atoms with van der Waals surface area (Å²) in [6.45, 7) is 4.37. The molecule has 0 aromatic carbocycles. The van der Waals surface area contributed by atoms with E-state index in [1.807, 2.05) is 0 Å². The van der Waals surface area contributed by atoms with Crippen molar-refractivity contribution in [3.63, 3.8) is 0 Å². The molecule has 1 saturated heterocycles. The first-order valence-electron chi connectivity index (χ1n) is 7.49. The molecular formula is C15H22O10. The van der Waals surface area contributed by atoms with E-state index in [9.17, 15) is 19.2 Å². The van der Waals surface area contributed by atoms with Crippen LogP contribution in [0, 0.1) is 0 Å². The highest BCUT2D eigenvalue weighted by Crippen LogP contribution is 2.29. The van der Waals surface area contributed by atoms with Crippen LogP contribution in [0.5, 0.6) is 0 Å². The van der Waals surface area contributed by atoms with Crippen LogP contribution in [0.25, 0.3) is 0 Å². The van der Waals surface area contributed by atoms with Gasteiger partial charge in [0.05, 0.1) is 0 Å². The van der Waals surface area contributed by atoms with E-state index in [1.54, 1.807) is 0 Å². The standard InChI is InChI=1S/C15H22O10/c1-7(16)21-6-11-12(22-8(2)17)13(23-9(3)18)14(24-10(4)19)15(20-5)25-11/h11-15H,6H2,1-5H3/t11-,12+,13-,14+,15+/m1/s1. The number of esters is 4. The molecule has 0 bridgehead atoms. The first-order valence-corrected chi connectivity index (χ1v) is 7.49. The van der Waals surface area contributed by atoms with Crippen LogP contribution in [0.1, 0.15) is 27.7 Å². The Morgan fingerprint density at radius 3 is 1.68 bits per heavy atom. The fourth-order valence-electron chi connectivity index (χ4n) is 2.38. The average Bonchev–Trinajstić information content (AvgIpc) is 2.48. The van der Waals surface area contributed by atoms with Crippen molar-refractivity contribution in [1.29, 1.82) is 0 Å². The molecule has 1 aliphatic rings. The van der Waals surface area contributed by atoms with Crippen LogP contribution in [-0.4, -0.2) is 68.3 Å². The van der Waals surface area contributed by atoms with E-state index in [1.165, 1.54) is 14.0 Å². The summed E-state index contributed by atoms with van der Waals surface area (Å²) in [5.74, 6) is -2.63. The topological polar surface area (TPSA) is 124 Å². The largest absolute Gasteiger partial charge is 0.463 e. The molecule has 1 rings (SSSR count). The Bertz CT molecular complexity index is 516. The molecule has 0 aromatic rings. The third-order valence-corrected chi connectivity index (χ3v) is 3.18. The molecule has 1 fully saturated rings. The van der Waals surface area contributed by atoms with E-state index in [0.717, 1.165) is 20.8 Å². The molecule has 0 amide bonds. The Morgan fingerprint density at radius 1 is 0.760 bits per heavy atom. The smallest absolute Gasteiger partial charge is 0.303 e. The highest BCUT2D eigenvalue weighted by atomic mass is 16.7. The van der Waals surface area contributed by atoms with Crippen molar-refractivity contribution in [3.05, 3.63) is 0 Å². The molecule has 0 N–H and O–H groups in total. The second kappa shape index (κ2) is 9.33. The van der Waals surface area contributed by atoms with Gasteiger partial charge in [0, 0.05) is 34.8 Å². The number of rotatable bonds is 6. The lowest BCUT2D eigenvalue weighted by atomic mass is 9.98. The molecule has 0 spiro atoms. The zero-order valence-electron chi connectivity index (χ0n) is 14.7. The fraction of sp³-hybridized carbons (Fsp3) is 0.733. The number of carbonyl (C=O) groups excluding carboxylic acids is 4. The van der Waals surface area contributed by atoms with Crippen molar-refractivity contribution in [3.8, 4) is 0 Å². The molecule has 0 saturated carbocycles. The van der Waals surface area contributed by atoms with Gasteiger partial charge in [-0.25, -0.2) is 0 Å². The van der Waals surface area contributed by atoms with Gasteiger partial charge in [0.15, 0.2) is 24.6 Å². The fourth-order valence-corrected chi connectivity index (χ4v) is 2.38. The Kier molecular flexibility index (Phi) is 7.78. The minimum absolute atomic E-state index is 0.280. The monoisotopic (exact) mass is 362 g/mol. The summed E-state index contributed by atoms with van der Waals surface area (Å²) in [4.78, 5) is 45.4. The Balaban J connectivity index is 3.18. The third kappa shape index (κ3) is 6.31. The van der Waals surface area contributed by atoms with Gasteiger partial charge in [-0.3, -0.25) is 19.2 Å². The SMILES string of the molecule is CO[C@H]1O[C@H](COC(C)=O)[C@H](OC(C)=O)[C@@H](OC(C)=O)[C@@H]1OC(C)=O. The van der Waals surface area contributed by atoms with Gasteiger partial charge in [-0.15, -0.1) is 0 Å². The van der Waals surface area contributed by atoms with E-state index in [4.69, 9.17) is 28.4 Å². The third-order valence-electron chi connectivity index (χ3n) is 3.18. The van der Waals surface area contributed by atoms with Crippen LogP contribution in [0.3, 0.4) is 0 Å². The van der Waals surface area contributed by atoms with Crippen LogP contribution in [0.2, 0.25) is 0 Å². The zero-order valence-corrected chi connectivity index (χ0v) is 14.7. The summed E-state index contributed by atoms with van der Waals surface area (Å²) in [5, 5.41) is 0. The lowest BCUT2D eigenvalue weighted by Gasteiger charge is -2.43. The second-order valence-corrected chi connectivity index (χ2v) is 5.30. The van der Waals surface area contributed by atoms with Crippen molar-refractivity contribution in [2.24, 2.45) is 0 Å². The number of hydrogen-bond donors (Lipinski definition) is 0. The minimum Gasteiger partial charge on any atom is -0.463 e. The minimum atomic E-state index is -1.20.